The molecule has 0 saturated heterocycles. The second-order valence-electron chi connectivity index (χ2n) is 3.68. The van der Waals surface area contributed by atoms with Crippen molar-refractivity contribution in [3.05, 3.63) is 0 Å². The highest BCUT2D eigenvalue weighted by molar-refractivity contribution is 5.72. The van der Waals surface area contributed by atoms with Crippen molar-refractivity contribution < 1.29 is 14.6 Å². The first kappa shape index (κ1) is 13.4. The van der Waals surface area contributed by atoms with Crippen molar-refractivity contribution in [1.82, 2.24) is 0 Å². The summed E-state index contributed by atoms with van der Waals surface area (Å²) in [6.07, 6.45) is 3.49. The first-order valence-electron chi connectivity index (χ1n) is 5.47. The van der Waals surface area contributed by atoms with Crippen LogP contribution in [0.1, 0.15) is 46.5 Å². The predicted molar refractivity (Wildman–Crippen MR) is 55.9 cm³/mol. The van der Waals surface area contributed by atoms with E-state index in [1.807, 2.05) is 6.92 Å². The van der Waals surface area contributed by atoms with E-state index in [0.29, 0.717) is 0 Å². The topological polar surface area (TPSA) is 46.5 Å². The van der Waals surface area contributed by atoms with Gasteiger partial charge in [0.1, 0.15) is 6.10 Å². The van der Waals surface area contributed by atoms with Crippen LogP contribution >= 0.6 is 0 Å². The van der Waals surface area contributed by atoms with E-state index in [0.717, 1.165) is 25.7 Å². The first-order valence-corrected chi connectivity index (χ1v) is 5.47. The maximum atomic E-state index is 11.5. The fraction of sp³-hybridized carbons (Fsp3) is 0.909. The van der Waals surface area contributed by atoms with E-state index in [9.17, 15) is 4.79 Å². The van der Waals surface area contributed by atoms with Gasteiger partial charge in [0.05, 0.1) is 12.5 Å². The minimum Gasteiger partial charge on any atom is -0.460 e. The van der Waals surface area contributed by atoms with Crippen LogP contribution in [-0.2, 0) is 9.53 Å². The minimum atomic E-state index is -0.377. The lowest BCUT2D eigenvalue weighted by Crippen LogP contribution is -2.24. The quantitative estimate of drug-likeness (QED) is 0.643. The maximum Gasteiger partial charge on any atom is 0.309 e. The molecule has 0 saturated carbocycles. The first-order chi connectivity index (χ1) is 6.65. The molecule has 0 aromatic carbocycles. The van der Waals surface area contributed by atoms with Crippen molar-refractivity contribution in [2.24, 2.45) is 5.92 Å². The van der Waals surface area contributed by atoms with Crippen LogP contribution in [0.15, 0.2) is 0 Å². The van der Waals surface area contributed by atoms with Crippen LogP contribution in [0, 0.1) is 5.92 Å². The molecule has 2 unspecified atom stereocenters. The Morgan fingerprint density at radius 1 is 1.43 bits per heavy atom. The fourth-order valence-electron chi connectivity index (χ4n) is 1.27. The summed E-state index contributed by atoms with van der Waals surface area (Å²) in [6.45, 7) is 5.69. The van der Waals surface area contributed by atoms with E-state index in [4.69, 9.17) is 9.84 Å². The van der Waals surface area contributed by atoms with Crippen LogP contribution in [0.25, 0.3) is 0 Å². The summed E-state index contributed by atoms with van der Waals surface area (Å²) in [6, 6.07) is 0. The number of esters is 1. The van der Waals surface area contributed by atoms with Gasteiger partial charge < -0.3 is 9.84 Å². The Labute approximate surface area is 86.5 Å². The summed E-state index contributed by atoms with van der Waals surface area (Å²) < 4.78 is 5.06. The number of aliphatic hydroxyl groups is 1. The van der Waals surface area contributed by atoms with Gasteiger partial charge in [0.15, 0.2) is 0 Å². The molecule has 3 heteroatoms. The highest BCUT2D eigenvalue weighted by atomic mass is 16.6. The van der Waals surface area contributed by atoms with E-state index in [2.05, 4.69) is 6.92 Å². The van der Waals surface area contributed by atoms with Crippen LogP contribution in [0.5, 0.6) is 0 Å². The predicted octanol–water partition coefficient (Wildman–Crippen LogP) is 2.13. The SMILES string of the molecule is CCCCC(CC)C(=O)OC(C)CO. The Hall–Kier alpha value is -0.570. The lowest BCUT2D eigenvalue weighted by molar-refractivity contribution is -0.155. The summed E-state index contributed by atoms with van der Waals surface area (Å²) >= 11 is 0. The lowest BCUT2D eigenvalue weighted by atomic mass is 10.00. The molecule has 0 bridgehead atoms. The molecule has 84 valence electrons. The molecule has 0 aliphatic rings. The van der Waals surface area contributed by atoms with Gasteiger partial charge in [0.25, 0.3) is 0 Å². The van der Waals surface area contributed by atoms with Crippen LogP contribution in [0.3, 0.4) is 0 Å². The third-order valence-electron chi connectivity index (χ3n) is 2.31. The van der Waals surface area contributed by atoms with Gasteiger partial charge in [-0.15, -0.1) is 0 Å². The molecule has 0 aliphatic carbocycles. The van der Waals surface area contributed by atoms with Crippen molar-refractivity contribution >= 4 is 5.97 Å². The van der Waals surface area contributed by atoms with Crippen molar-refractivity contribution in [3.63, 3.8) is 0 Å². The molecule has 0 amide bonds. The second kappa shape index (κ2) is 7.80. The van der Waals surface area contributed by atoms with Crippen LogP contribution in [-0.4, -0.2) is 23.8 Å². The summed E-state index contributed by atoms with van der Waals surface area (Å²) in [5.41, 5.74) is 0. The molecule has 0 aliphatic heterocycles. The highest BCUT2D eigenvalue weighted by Gasteiger charge is 2.19. The summed E-state index contributed by atoms with van der Waals surface area (Å²) in [5.74, 6) is -0.161. The largest absolute Gasteiger partial charge is 0.460 e. The highest BCUT2D eigenvalue weighted by Crippen LogP contribution is 2.15. The summed E-state index contributed by atoms with van der Waals surface area (Å²) in [4.78, 5) is 11.5. The zero-order valence-electron chi connectivity index (χ0n) is 9.45. The Bertz CT molecular complexity index is 157. The van der Waals surface area contributed by atoms with Crippen molar-refractivity contribution in [2.45, 2.75) is 52.6 Å². The Balaban J connectivity index is 3.90. The zero-order chi connectivity index (χ0) is 11.0. The van der Waals surface area contributed by atoms with Crippen LogP contribution in [0.2, 0.25) is 0 Å². The second-order valence-corrected chi connectivity index (χ2v) is 3.68. The Morgan fingerprint density at radius 2 is 2.07 bits per heavy atom. The van der Waals surface area contributed by atoms with Crippen molar-refractivity contribution in [3.8, 4) is 0 Å². The zero-order valence-corrected chi connectivity index (χ0v) is 9.45. The van der Waals surface area contributed by atoms with Gasteiger partial charge in [-0.3, -0.25) is 4.79 Å². The molecule has 0 radical (unpaired) electrons. The standard InChI is InChI=1S/C11H22O3/c1-4-6-7-10(5-2)11(13)14-9(3)8-12/h9-10,12H,4-8H2,1-3H3. The monoisotopic (exact) mass is 202 g/mol. The van der Waals surface area contributed by atoms with E-state index >= 15 is 0 Å². The third-order valence-corrected chi connectivity index (χ3v) is 2.31. The number of ether oxygens (including phenoxy) is 1. The van der Waals surface area contributed by atoms with Crippen molar-refractivity contribution in [1.29, 1.82) is 0 Å². The average Bonchev–Trinajstić information content (AvgIpc) is 2.18. The third kappa shape index (κ3) is 5.22. The number of hydrogen-bond donors (Lipinski definition) is 1. The molecule has 0 rings (SSSR count). The van der Waals surface area contributed by atoms with Gasteiger partial charge >= 0.3 is 5.97 Å². The smallest absolute Gasteiger partial charge is 0.309 e. The Kier molecular flexibility index (Phi) is 7.48. The normalized spacial score (nSPS) is 14.9. The van der Waals surface area contributed by atoms with E-state index in [1.54, 1.807) is 6.92 Å². The molecular weight excluding hydrogens is 180 g/mol. The molecule has 0 spiro atoms. The average molecular weight is 202 g/mol. The molecule has 1 N–H and O–H groups in total. The van der Waals surface area contributed by atoms with Crippen molar-refractivity contribution in [2.75, 3.05) is 6.61 Å². The van der Waals surface area contributed by atoms with E-state index in [1.165, 1.54) is 0 Å². The van der Waals surface area contributed by atoms with Gasteiger partial charge in [-0.25, -0.2) is 0 Å². The van der Waals surface area contributed by atoms with Gasteiger partial charge in [0.2, 0.25) is 0 Å². The summed E-state index contributed by atoms with van der Waals surface area (Å²) in [5, 5.41) is 8.74. The molecule has 2 atom stereocenters. The van der Waals surface area contributed by atoms with Gasteiger partial charge in [-0.1, -0.05) is 26.7 Å². The number of hydrogen-bond acceptors (Lipinski definition) is 3. The van der Waals surface area contributed by atoms with Crippen LogP contribution < -0.4 is 0 Å². The number of unbranched alkanes of at least 4 members (excludes halogenated alkanes) is 1. The van der Waals surface area contributed by atoms with E-state index in [-0.39, 0.29) is 24.6 Å². The maximum absolute atomic E-state index is 11.5. The number of rotatable bonds is 7. The Morgan fingerprint density at radius 3 is 2.50 bits per heavy atom. The molecule has 0 aromatic heterocycles. The molecule has 3 nitrogen and oxygen atoms in total. The van der Waals surface area contributed by atoms with Gasteiger partial charge in [-0.2, -0.15) is 0 Å². The van der Waals surface area contributed by atoms with Gasteiger partial charge in [-0.05, 0) is 19.8 Å². The molecule has 14 heavy (non-hydrogen) atoms. The minimum absolute atomic E-state index is 0.00366. The molecule has 0 aromatic rings. The van der Waals surface area contributed by atoms with Gasteiger partial charge in [0, 0.05) is 0 Å². The number of aliphatic hydroxyl groups excluding tert-OH is 1. The lowest BCUT2D eigenvalue weighted by Gasteiger charge is -2.16. The van der Waals surface area contributed by atoms with Crippen LogP contribution in [0.4, 0.5) is 0 Å². The number of carbonyl (C=O) groups is 1. The molecular formula is C11H22O3. The summed E-state index contributed by atoms with van der Waals surface area (Å²) in [7, 11) is 0. The molecule has 0 heterocycles. The number of carbonyl (C=O) groups excluding carboxylic acids is 1. The van der Waals surface area contributed by atoms with E-state index < -0.39 is 0 Å². The fourth-order valence-corrected chi connectivity index (χ4v) is 1.27. The molecule has 0 fully saturated rings.